The lowest BCUT2D eigenvalue weighted by Crippen LogP contribution is -2.50. The van der Waals surface area contributed by atoms with Gasteiger partial charge in [0, 0.05) is 43.6 Å². The van der Waals surface area contributed by atoms with Crippen LogP contribution in [0.1, 0.15) is 70.4 Å². The number of ether oxygens (including phenoxy) is 1. The first-order valence-electron chi connectivity index (χ1n) is 13.2. The topological polar surface area (TPSA) is 117 Å². The number of nitrogens with zero attached hydrogens (tertiary/aromatic N) is 2. The lowest BCUT2D eigenvalue weighted by molar-refractivity contribution is -0.125. The summed E-state index contributed by atoms with van der Waals surface area (Å²) in [6.07, 6.45) is 6.69. The normalized spacial score (nSPS) is 24.3. The van der Waals surface area contributed by atoms with E-state index in [-0.39, 0.29) is 24.9 Å². The Hall–Kier alpha value is -2.56. The van der Waals surface area contributed by atoms with Crippen molar-refractivity contribution in [2.45, 2.75) is 71.4 Å². The van der Waals surface area contributed by atoms with Crippen LogP contribution in [-0.2, 0) is 31.0 Å². The highest BCUT2D eigenvalue weighted by atomic mass is 32.2. The molecule has 2 amide bonds. The number of hydrogen-bond acceptors (Lipinski definition) is 6. The van der Waals surface area contributed by atoms with E-state index in [9.17, 15) is 18.0 Å². The molecule has 0 atom stereocenters. The second kappa shape index (κ2) is 11.4. The molecule has 1 aliphatic carbocycles. The van der Waals surface area contributed by atoms with Gasteiger partial charge in [0.15, 0.2) is 0 Å². The summed E-state index contributed by atoms with van der Waals surface area (Å²) in [5, 5.41) is 6.98. The number of amides is 2. The fourth-order valence-corrected chi connectivity index (χ4v) is 6.53. The summed E-state index contributed by atoms with van der Waals surface area (Å²) >= 11 is 0. The van der Waals surface area contributed by atoms with Crippen molar-refractivity contribution in [3.8, 4) is 0 Å². The first-order chi connectivity index (χ1) is 17.6. The van der Waals surface area contributed by atoms with Gasteiger partial charge in [-0.05, 0) is 67.9 Å². The van der Waals surface area contributed by atoms with E-state index in [0.717, 1.165) is 43.0 Å². The van der Waals surface area contributed by atoms with Crippen LogP contribution in [0.15, 0.2) is 28.6 Å². The van der Waals surface area contributed by atoms with E-state index in [1.165, 1.54) is 16.6 Å². The van der Waals surface area contributed by atoms with Crippen LogP contribution >= 0.6 is 0 Å². The number of rotatable bonds is 8. The first kappa shape index (κ1) is 27.5. The summed E-state index contributed by atoms with van der Waals surface area (Å²) in [5.74, 6) is 1.55. The third-order valence-electron chi connectivity index (χ3n) is 7.66. The Bertz CT molecular complexity index is 1180. The minimum atomic E-state index is -3.69. The third-order valence-corrected chi connectivity index (χ3v) is 9.22. The van der Waals surface area contributed by atoms with Crippen molar-refractivity contribution in [1.82, 2.24) is 9.62 Å². The molecule has 1 aromatic rings. The van der Waals surface area contributed by atoms with E-state index >= 15 is 0 Å². The van der Waals surface area contributed by atoms with Gasteiger partial charge in [0.2, 0.25) is 15.9 Å². The van der Waals surface area contributed by atoms with Gasteiger partial charge in [0.05, 0.1) is 6.61 Å². The van der Waals surface area contributed by atoms with Crippen LogP contribution in [0.5, 0.6) is 0 Å². The Balaban J connectivity index is 1.43. The van der Waals surface area contributed by atoms with Crippen molar-refractivity contribution in [2.75, 3.05) is 25.0 Å². The van der Waals surface area contributed by atoms with Crippen molar-refractivity contribution in [3.63, 3.8) is 0 Å². The molecule has 0 aromatic heterocycles. The molecule has 1 saturated carbocycles. The molecule has 1 saturated heterocycles. The van der Waals surface area contributed by atoms with Crippen LogP contribution in [-0.4, -0.2) is 55.6 Å². The number of piperidine rings is 1. The van der Waals surface area contributed by atoms with Crippen molar-refractivity contribution < 1.29 is 22.7 Å². The van der Waals surface area contributed by atoms with Gasteiger partial charge in [-0.2, -0.15) is 4.31 Å². The smallest absolute Gasteiger partial charge is 0.253 e. The van der Waals surface area contributed by atoms with E-state index < -0.39 is 15.6 Å². The highest BCUT2D eigenvalue weighted by Gasteiger charge is 2.48. The van der Waals surface area contributed by atoms with Crippen LogP contribution in [0.3, 0.4) is 0 Å². The van der Waals surface area contributed by atoms with Crippen LogP contribution < -0.4 is 10.6 Å². The molecule has 37 heavy (non-hydrogen) atoms. The van der Waals surface area contributed by atoms with E-state index in [4.69, 9.17) is 9.73 Å². The van der Waals surface area contributed by atoms with Crippen LogP contribution in [0.2, 0.25) is 0 Å². The van der Waals surface area contributed by atoms with Gasteiger partial charge < -0.3 is 15.4 Å². The molecule has 1 aromatic carbocycles. The molecule has 4 rings (SSSR count). The highest BCUT2D eigenvalue weighted by molar-refractivity contribution is 7.92. The summed E-state index contributed by atoms with van der Waals surface area (Å²) in [4.78, 5) is 29.2. The Labute approximate surface area is 219 Å². The number of benzene rings is 1. The predicted octanol–water partition coefficient (Wildman–Crippen LogP) is 3.67. The zero-order chi connectivity index (χ0) is 26.6. The minimum absolute atomic E-state index is 0.0893. The molecule has 0 radical (unpaired) electrons. The fourth-order valence-electron chi connectivity index (χ4n) is 5.35. The molecular formula is C27H38N4O5S. The summed E-state index contributed by atoms with van der Waals surface area (Å²) in [6.45, 7) is 6.87. The Morgan fingerprint density at radius 2 is 1.95 bits per heavy atom. The zero-order valence-corrected chi connectivity index (χ0v) is 22.8. The largest absolute Gasteiger partial charge is 0.377 e. The van der Waals surface area contributed by atoms with Gasteiger partial charge >= 0.3 is 0 Å². The Morgan fingerprint density at radius 1 is 1.24 bits per heavy atom. The second-order valence-corrected chi connectivity index (χ2v) is 12.2. The standard InChI is InChI=1S/C27H38N4O5S/c1-4-36-18-23-17-24(28-20(3)32)10-9-21(23)11-16-37(34,35)31-14-12-27(13-15-31)26(33)29-25(30-27)22-7-5-19(2)6-8-22/h9-11,16-17,19,22H,4-8,12-15,18H2,1-3H3,(H,28,32)(H,29,30,33)/b16-11+. The lowest BCUT2D eigenvalue weighted by atomic mass is 9.82. The number of nitrogens with one attached hydrogen (secondary N) is 2. The minimum Gasteiger partial charge on any atom is -0.377 e. The van der Waals surface area contributed by atoms with E-state index in [2.05, 4.69) is 17.6 Å². The summed E-state index contributed by atoms with van der Waals surface area (Å²) in [6, 6.07) is 5.28. The average Bonchev–Trinajstić information content (AvgIpc) is 3.17. The Kier molecular flexibility index (Phi) is 8.50. The average molecular weight is 531 g/mol. The van der Waals surface area contributed by atoms with Crippen LogP contribution in [0.25, 0.3) is 6.08 Å². The molecule has 202 valence electrons. The number of aliphatic imine (C=N–C) groups is 1. The first-order valence-corrected chi connectivity index (χ1v) is 14.7. The van der Waals surface area contributed by atoms with Gasteiger partial charge in [-0.25, -0.2) is 8.42 Å². The molecule has 9 nitrogen and oxygen atoms in total. The Morgan fingerprint density at radius 3 is 2.59 bits per heavy atom. The molecule has 2 N–H and O–H groups in total. The predicted molar refractivity (Wildman–Crippen MR) is 144 cm³/mol. The molecule has 3 aliphatic rings. The van der Waals surface area contributed by atoms with E-state index in [1.54, 1.807) is 24.3 Å². The maximum Gasteiger partial charge on any atom is 0.253 e. The summed E-state index contributed by atoms with van der Waals surface area (Å²) in [5.41, 5.74) is 1.25. The molecule has 2 fully saturated rings. The number of anilines is 1. The maximum atomic E-state index is 13.1. The number of sulfonamides is 1. The van der Waals surface area contributed by atoms with Gasteiger partial charge in [-0.1, -0.05) is 25.8 Å². The summed E-state index contributed by atoms with van der Waals surface area (Å²) in [7, 11) is -3.69. The van der Waals surface area contributed by atoms with Crippen molar-refractivity contribution in [2.24, 2.45) is 16.8 Å². The molecule has 2 heterocycles. The molecule has 10 heteroatoms. The monoisotopic (exact) mass is 530 g/mol. The van der Waals surface area contributed by atoms with Crippen LogP contribution in [0.4, 0.5) is 5.69 Å². The van der Waals surface area contributed by atoms with Gasteiger partial charge in [0.1, 0.15) is 11.4 Å². The van der Waals surface area contributed by atoms with Gasteiger partial charge in [-0.15, -0.1) is 0 Å². The third kappa shape index (κ3) is 6.48. The lowest BCUT2D eigenvalue weighted by Gasteiger charge is -2.34. The molecular weight excluding hydrogens is 492 g/mol. The summed E-state index contributed by atoms with van der Waals surface area (Å²) < 4.78 is 33.2. The van der Waals surface area contributed by atoms with E-state index in [1.807, 2.05) is 6.92 Å². The number of carbonyl (C=O) groups excluding carboxylic acids is 2. The fraction of sp³-hybridized carbons (Fsp3) is 0.593. The number of hydrogen-bond donors (Lipinski definition) is 2. The quantitative estimate of drug-likeness (QED) is 0.532. The van der Waals surface area contributed by atoms with Crippen LogP contribution in [0, 0.1) is 11.8 Å². The van der Waals surface area contributed by atoms with Crippen molar-refractivity contribution in [1.29, 1.82) is 0 Å². The number of carbonyl (C=O) groups is 2. The van der Waals surface area contributed by atoms with Gasteiger partial charge in [0.25, 0.3) is 5.91 Å². The number of amidine groups is 1. The van der Waals surface area contributed by atoms with Crippen molar-refractivity contribution in [3.05, 3.63) is 34.7 Å². The second-order valence-electron chi connectivity index (χ2n) is 10.4. The van der Waals surface area contributed by atoms with E-state index in [0.29, 0.717) is 43.2 Å². The highest BCUT2D eigenvalue weighted by Crippen LogP contribution is 2.36. The maximum absolute atomic E-state index is 13.1. The SMILES string of the molecule is CCOCc1cc(NC(C)=O)ccc1/C=C/S(=O)(=O)N1CCC2(CC1)N=C(C1CCC(C)CC1)NC2=O. The molecule has 0 bridgehead atoms. The molecule has 2 aliphatic heterocycles. The molecule has 1 spiro atoms. The molecule has 0 unspecified atom stereocenters. The van der Waals surface area contributed by atoms with Crippen molar-refractivity contribution >= 4 is 39.4 Å². The van der Waals surface area contributed by atoms with Gasteiger partial charge in [-0.3, -0.25) is 14.6 Å². The zero-order valence-electron chi connectivity index (χ0n) is 22.0.